The standard InChI is InChI=1S/C13H9.C13H10.C9H13.2ClH.Hf/c1-3-7-12-10(5-1)9-11-6-2-4-8-13(11)12;1-3-7-12(8-4-1)11-13-9-5-2-6-10-13;1-9(2,3)8-6-4-5-7-8;;;/h1-5,7-8H,9H2;1-10H;4-7H,1-3H3;2*1H;/q-1;;-1;;;+2/p-2. The Kier molecular flexibility index (Phi) is 12.7. The Hall–Kier alpha value is -2.45. The summed E-state index contributed by atoms with van der Waals surface area (Å²) in [5.74, 6) is 0. The van der Waals surface area contributed by atoms with Crippen LogP contribution < -0.4 is 24.8 Å². The summed E-state index contributed by atoms with van der Waals surface area (Å²) in [7, 11) is 0. The van der Waals surface area contributed by atoms with Crippen LogP contribution in [0.1, 0.15) is 48.6 Å². The van der Waals surface area contributed by atoms with Gasteiger partial charge < -0.3 is 24.8 Å². The van der Waals surface area contributed by atoms with Crippen molar-refractivity contribution in [2.45, 2.75) is 32.6 Å². The second-order valence-electron chi connectivity index (χ2n) is 9.93. The number of halogens is 2. The third-order valence-corrected chi connectivity index (χ3v) is 8.34. The molecular formula is C35H32Cl2Hf-2. The van der Waals surface area contributed by atoms with Gasteiger partial charge in [0, 0.05) is 0 Å². The molecule has 0 nitrogen and oxygen atoms in total. The monoisotopic (exact) mass is 702 g/mol. The van der Waals surface area contributed by atoms with Gasteiger partial charge in [-0.3, -0.25) is 0 Å². The fourth-order valence-corrected chi connectivity index (χ4v) is 5.45. The van der Waals surface area contributed by atoms with Crippen molar-refractivity contribution in [1.82, 2.24) is 0 Å². The maximum atomic E-state index is 3.30. The largest absolute Gasteiger partial charge is 0.179 e. The van der Waals surface area contributed by atoms with E-state index in [0.717, 1.165) is 30.3 Å². The van der Waals surface area contributed by atoms with Crippen molar-refractivity contribution in [3.8, 4) is 11.1 Å². The van der Waals surface area contributed by atoms with Crippen molar-refractivity contribution >= 4 is 3.26 Å². The smallest absolute Gasteiger partial charge is 0.0253 e. The Bertz CT molecular complexity index is 1300. The zero-order chi connectivity index (χ0) is 25.4. The molecule has 1 aliphatic rings. The van der Waals surface area contributed by atoms with E-state index < -0.39 is 0 Å². The predicted molar refractivity (Wildman–Crippen MR) is 150 cm³/mol. The van der Waals surface area contributed by atoms with Gasteiger partial charge >= 0.3 is 98.9 Å². The van der Waals surface area contributed by atoms with Crippen LogP contribution in [0.2, 0.25) is 0 Å². The Morgan fingerprint density at radius 3 is 1.79 bits per heavy atom. The molecule has 5 aromatic carbocycles. The van der Waals surface area contributed by atoms with Gasteiger partial charge in [-0.05, 0) is 6.42 Å². The van der Waals surface area contributed by atoms with E-state index in [1.54, 1.807) is 0 Å². The minimum atomic E-state index is 0. The normalized spacial score (nSPS) is 10.7. The van der Waals surface area contributed by atoms with E-state index in [9.17, 15) is 0 Å². The van der Waals surface area contributed by atoms with Gasteiger partial charge in [0.1, 0.15) is 0 Å². The molecule has 0 N–H and O–H groups in total. The topological polar surface area (TPSA) is 0 Å². The molecule has 3 heteroatoms. The van der Waals surface area contributed by atoms with Crippen molar-refractivity contribution in [3.63, 3.8) is 0 Å². The molecule has 6 rings (SSSR count). The van der Waals surface area contributed by atoms with Crippen LogP contribution in [0, 0.1) is 6.07 Å². The van der Waals surface area contributed by atoms with Crippen LogP contribution in [-0.2, 0) is 35.7 Å². The summed E-state index contributed by atoms with van der Waals surface area (Å²) in [4.78, 5) is 0. The Morgan fingerprint density at radius 2 is 1.26 bits per heavy atom. The molecule has 0 unspecified atom stereocenters. The van der Waals surface area contributed by atoms with Gasteiger partial charge in [-0.1, -0.05) is 61.6 Å². The van der Waals surface area contributed by atoms with Crippen molar-refractivity contribution in [3.05, 3.63) is 161 Å². The number of hydrogen-bond acceptors (Lipinski definition) is 0. The second-order valence-corrected chi connectivity index (χ2v) is 11.7. The molecule has 0 amide bonds. The third-order valence-electron chi connectivity index (χ3n) is 6.27. The SMILES string of the molecule is CC(C)(C)c1cc[cH-]c1.[Cl-].[Cl-].[Hf+2]=[C](c1ccccc1)c1ccccc1.[c-]1cccc2c1Cc1ccccc1-2. The quantitative estimate of drug-likeness (QED) is 0.193. The van der Waals surface area contributed by atoms with E-state index in [1.807, 2.05) is 6.07 Å². The van der Waals surface area contributed by atoms with Crippen molar-refractivity contribution in [1.29, 1.82) is 0 Å². The van der Waals surface area contributed by atoms with Gasteiger partial charge in [-0.15, -0.1) is 5.56 Å². The van der Waals surface area contributed by atoms with Crippen LogP contribution in [-0.4, -0.2) is 3.26 Å². The second kappa shape index (κ2) is 15.2. The first-order valence-corrected chi connectivity index (χ1v) is 14.2. The molecule has 192 valence electrons. The summed E-state index contributed by atoms with van der Waals surface area (Å²) in [6.45, 7) is 6.67. The summed E-state index contributed by atoms with van der Waals surface area (Å²) in [5.41, 5.74) is 9.96. The van der Waals surface area contributed by atoms with Gasteiger partial charge in [0.15, 0.2) is 0 Å². The third kappa shape index (κ3) is 8.53. The minimum absolute atomic E-state index is 0. The molecule has 0 saturated heterocycles. The first-order valence-electron chi connectivity index (χ1n) is 12.4. The average Bonchev–Trinajstić information content (AvgIpc) is 3.59. The molecule has 38 heavy (non-hydrogen) atoms. The van der Waals surface area contributed by atoms with Crippen LogP contribution in [0.4, 0.5) is 0 Å². The first-order chi connectivity index (χ1) is 17.4. The fourth-order valence-electron chi connectivity index (χ4n) is 4.25. The van der Waals surface area contributed by atoms with Gasteiger partial charge in [-0.2, -0.15) is 53.6 Å². The molecule has 0 radical (unpaired) electrons. The zero-order valence-electron chi connectivity index (χ0n) is 22.1. The van der Waals surface area contributed by atoms with E-state index >= 15 is 0 Å². The van der Waals surface area contributed by atoms with E-state index in [-0.39, 0.29) is 24.8 Å². The van der Waals surface area contributed by atoms with Crippen molar-refractivity contribution in [2.75, 3.05) is 0 Å². The van der Waals surface area contributed by atoms with Crippen molar-refractivity contribution in [2.24, 2.45) is 0 Å². The van der Waals surface area contributed by atoms with E-state index in [0.29, 0.717) is 5.41 Å². The maximum Gasteiger partial charge on any atom is -0.0253 e. The molecular weight excluding hydrogens is 670 g/mol. The fraction of sp³-hybridized carbons (Fsp3) is 0.143. The molecule has 1 aliphatic carbocycles. The molecule has 5 aromatic rings. The van der Waals surface area contributed by atoms with Gasteiger partial charge in [-0.25, -0.2) is 6.07 Å². The summed E-state index contributed by atoms with van der Waals surface area (Å²) < 4.78 is 1.46. The van der Waals surface area contributed by atoms with Gasteiger partial charge in [0.25, 0.3) is 0 Å². The van der Waals surface area contributed by atoms with Crippen LogP contribution in [0.3, 0.4) is 0 Å². The van der Waals surface area contributed by atoms with Gasteiger partial charge in [0.05, 0.1) is 0 Å². The van der Waals surface area contributed by atoms with Crippen LogP contribution in [0.25, 0.3) is 11.1 Å². The zero-order valence-corrected chi connectivity index (χ0v) is 27.2. The summed E-state index contributed by atoms with van der Waals surface area (Å²) in [5, 5.41) is 0. The number of benzene rings is 4. The van der Waals surface area contributed by atoms with E-state index in [1.165, 1.54) is 42.2 Å². The molecule has 0 aromatic heterocycles. The van der Waals surface area contributed by atoms with Crippen molar-refractivity contribution < 1.29 is 48.7 Å². The van der Waals surface area contributed by atoms with E-state index in [2.05, 4.69) is 148 Å². The molecule has 0 aliphatic heterocycles. The van der Waals surface area contributed by atoms with Gasteiger partial charge in [0.2, 0.25) is 0 Å². The predicted octanol–water partition coefficient (Wildman–Crippen LogP) is 2.57. The number of hydrogen-bond donors (Lipinski definition) is 0. The van der Waals surface area contributed by atoms with Crippen LogP contribution >= 0.6 is 0 Å². The van der Waals surface area contributed by atoms with Crippen LogP contribution in [0.5, 0.6) is 0 Å². The molecule has 0 atom stereocenters. The minimum Gasteiger partial charge on any atom is -0.179 e. The average molecular weight is 702 g/mol. The Balaban J connectivity index is 0.000000200. The Morgan fingerprint density at radius 1 is 0.711 bits per heavy atom. The maximum absolute atomic E-state index is 3.30. The molecule has 0 spiro atoms. The summed E-state index contributed by atoms with van der Waals surface area (Å²) >= 11 is 1.08. The number of rotatable bonds is 2. The molecule has 0 saturated carbocycles. The summed E-state index contributed by atoms with van der Waals surface area (Å²) in [6.07, 6.45) is 1.05. The molecule has 0 fully saturated rings. The summed E-state index contributed by atoms with van der Waals surface area (Å²) in [6, 6.07) is 47.8. The van der Waals surface area contributed by atoms with Crippen LogP contribution in [0.15, 0.2) is 127 Å². The Labute approximate surface area is 255 Å². The molecule has 0 heterocycles. The number of fused-ring (bicyclic) bond motifs is 3. The van der Waals surface area contributed by atoms with E-state index in [4.69, 9.17) is 0 Å². The first kappa shape index (κ1) is 31.8. The molecule has 0 bridgehead atoms.